The molecule has 7 nitrogen and oxygen atoms in total. The molecule has 0 spiro atoms. The smallest absolute Gasteiger partial charge is 0.240 e. The van der Waals surface area contributed by atoms with Crippen molar-refractivity contribution in [2.24, 2.45) is 0 Å². The molecule has 1 aromatic heterocycles. The summed E-state index contributed by atoms with van der Waals surface area (Å²) in [5, 5.41) is 7.44. The van der Waals surface area contributed by atoms with Crippen LogP contribution in [-0.2, 0) is 21.2 Å². The minimum atomic E-state index is -3.46. The minimum Gasteiger partial charge on any atom is -0.324 e. The van der Waals surface area contributed by atoms with Crippen LogP contribution < -0.4 is 10.0 Å². The van der Waals surface area contributed by atoms with Crippen LogP contribution in [0, 0.1) is 13.8 Å². The molecule has 0 aliphatic rings. The van der Waals surface area contributed by atoms with Crippen molar-refractivity contribution in [1.82, 2.24) is 14.5 Å². The number of sulfonamides is 1. The van der Waals surface area contributed by atoms with E-state index in [-0.39, 0.29) is 17.2 Å². The van der Waals surface area contributed by atoms with E-state index in [9.17, 15) is 13.2 Å². The zero-order valence-corrected chi connectivity index (χ0v) is 17.5. The van der Waals surface area contributed by atoms with E-state index < -0.39 is 10.0 Å². The molecule has 0 aliphatic heterocycles. The molecule has 0 saturated carbocycles. The minimum absolute atomic E-state index is 0.120. The van der Waals surface area contributed by atoms with Crippen molar-refractivity contribution in [3.05, 3.63) is 71.5 Å². The quantitative estimate of drug-likeness (QED) is 0.624. The van der Waals surface area contributed by atoms with Crippen LogP contribution in [0.5, 0.6) is 0 Å². The standard InChI is InChI=1S/C21H24N4O3S/c1-15-14-16(2)25(24-15)20-7-5-4-6-19(20)23-21(26)13-10-17-8-11-18(12-9-17)29(27,28)22-3/h4-9,11-12,14,22H,10,13H2,1-3H3,(H,23,26). The maximum absolute atomic E-state index is 12.5. The predicted molar refractivity (Wildman–Crippen MR) is 113 cm³/mol. The Labute approximate surface area is 170 Å². The van der Waals surface area contributed by atoms with Crippen molar-refractivity contribution < 1.29 is 13.2 Å². The fourth-order valence-corrected chi connectivity index (χ4v) is 3.79. The van der Waals surface area contributed by atoms with Crippen LogP contribution in [0.4, 0.5) is 5.69 Å². The first-order valence-electron chi connectivity index (χ1n) is 9.25. The summed E-state index contributed by atoms with van der Waals surface area (Å²) >= 11 is 0. The Morgan fingerprint density at radius 3 is 2.38 bits per heavy atom. The normalized spacial score (nSPS) is 11.4. The summed E-state index contributed by atoms with van der Waals surface area (Å²) in [7, 11) is -2.08. The number of aryl methyl sites for hydroxylation is 3. The van der Waals surface area contributed by atoms with Crippen LogP contribution in [-0.4, -0.2) is 31.2 Å². The van der Waals surface area contributed by atoms with Gasteiger partial charge in [0.1, 0.15) is 0 Å². The Kier molecular flexibility index (Phi) is 6.14. The van der Waals surface area contributed by atoms with Gasteiger partial charge >= 0.3 is 0 Å². The summed E-state index contributed by atoms with van der Waals surface area (Å²) in [6.07, 6.45) is 0.789. The molecule has 152 valence electrons. The molecule has 8 heteroatoms. The highest BCUT2D eigenvalue weighted by molar-refractivity contribution is 7.89. The molecule has 1 heterocycles. The number of benzene rings is 2. The van der Waals surface area contributed by atoms with E-state index in [0.717, 1.165) is 22.6 Å². The van der Waals surface area contributed by atoms with E-state index in [1.807, 2.05) is 48.9 Å². The van der Waals surface area contributed by atoms with Gasteiger partial charge in [-0.25, -0.2) is 17.8 Å². The van der Waals surface area contributed by atoms with E-state index in [1.54, 1.807) is 12.1 Å². The van der Waals surface area contributed by atoms with E-state index in [4.69, 9.17) is 0 Å². The van der Waals surface area contributed by atoms with Crippen molar-refractivity contribution >= 4 is 21.6 Å². The fourth-order valence-electron chi connectivity index (χ4n) is 3.06. The summed E-state index contributed by atoms with van der Waals surface area (Å²) in [6, 6.07) is 16.0. The maximum atomic E-state index is 12.5. The lowest BCUT2D eigenvalue weighted by atomic mass is 10.1. The Balaban J connectivity index is 1.67. The number of hydrogen-bond acceptors (Lipinski definition) is 4. The number of anilines is 1. The molecule has 2 N–H and O–H groups in total. The number of carbonyl (C=O) groups excluding carboxylic acids is 1. The molecule has 0 unspecified atom stereocenters. The van der Waals surface area contributed by atoms with Gasteiger partial charge < -0.3 is 5.32 Å². The predicted octanol–water partition coefficient (Wildman–Crippen LogP) is 2.97. The molecule has 0 bridgehead atoms. The zero-order chi connectivity index (χ0) is 21.0. The first kappa shape index (κ1) is 20.8. The Bertz CT molecular complexity index is 1120. The second-order valence-electron chi connectivity index (χ2n) is 6.76. The van der Waals surface area contributed by atoms with Crippen LogP contribution in [0.1, 0.15) is 23.4 Å². The van der Waals surface area contributed by atoms with Crippen LogP contribution in [0.25, 0.3) is 5.69 Å². The first-order valence-corrected chi connectivity index (χ1v) is 10.7. The summed E-state index contributed by atoms with van der Waals surface area (Å²) in [6.45, 7) is 3.90. The van der Waals surface area contributed by atoms with E-state index >= 15 is 0 Å². The summed E-state index contributed by atoms with van der Waals surface area (Å²) in [5.41, 5.74) is 4.29. The van der Waals surface area contributed by atoms with Crippen molar-refractivity contribution in [1.29, 1.82) is 0 Å². The number of para-hydroxylation sites is 2. The third-order valence-electron chi connectivity index (χ3n) is 4.56. The van der Waals surface area contributed by atoms with Gasteiger partial charge in [0, 0.05) is 12.1 Å². The van der Waals surface area contributed by atoms with Gasteiger partial charge in [0.05, 0.1) is 22.0 Å². The lowest BCUT2D eigenvalue weighted by molar-refractivity contribution is -0.116. The summed E-state index contributed by atoms with van der Waals surface area (Å²) in [5.74, 6) is -0.120. The zero-order valence-electron chi connectivity index (χ0n) is 16.6. The topological polar surface area (TPSA) is 93.1 Å². The van der Waals surface area contributed by atoms with E-state index in [1.165, 1.54) is 19.2 Å². The number of nitrogens with one attached hydrogen (secondary N) is 2. The Morgan fingerprint density at radius 1 is 1.07 bits per heavy atom. The highest BCUT2D eigenvalue weighted by Crippen LogP contribution is 2.22. The van der Waals surface area contributed by atoms with Gasteiger partial charge in [-0.05, 0) is 63.2 Å². The van der Waals surface area contributed by atoms with Gasteiger partial charge in [-0.2, -0.15) is 5.10 Å². The van der Waals surface area contributed by atoms with Crippen molar-refractivity contribution in [2.75, 3.05) is 12.4 Å². The van der Waals surface area contributed by atoms with Gasteiger partial charge in [0.25, 0.3) is 0 Å². The van der Waals surface area contributed by atoms with Gasteiger partial charge in [-0.3, -0.25) is 4.79 Å². The van der Waals surface area contributed by atoms with Crippen LogP contribution in [0.3, 0.4) is 0 Å². The van der Waals surface area contributed by atoms with Crippen molar-refractivity contribution in [3.63, 3.8) is 0 Å². The second kappa shape index (κ2) is 8.59. The average molecular weight is 413 g/mol. The lowest BCUT2D eigenvalue weighted by Crippen LogP contribution is -2.18. The van der Waals surface area contributed by atoms with Crippen molar-refractivity contribution in [3.8, 4) is 5.69 Å². The molecule has 1 amide bonds. The number of aromatic nitrogens is 2. The molecule has 0 fully saturated rings. The van der Waals surface area contributed by atoms with Crippen LogP contribution >= 0.6 is 0 Å². The third-order valence-corrected chi connectivity index (χ3v) is 5.99. The van der Waals surface area contributed by atoms with Crippen LogP contribution in [0.2, 0.25) is 0 Å². The Hall–Kier alpha value is -2.97. The average Bonchev–Trinajstić information content (AvgIpc) is 3.05. The van der Waals surface area contributed by atoms with Gasteiger partial charge in [-0.15, -0.1) is 0 Å². The molecule has 2 aromatic carbocycles. The highest BCUT2D eigenvalue weighted by Gasteiger charge is 2.13. The number of carbonyl (C=O) groups is 1. The summed E-state index contributed by atoms with van der Waals surface area (Å²) in [4.78, 5) is 12.7. The van der Waals surface area contributed by atoms with Crippen LogP contribution in [0.15, 0.2) is 59.5 Å². The number of hydrogen-bond donors (Lipinski definition) is 2. The Morgan fingerprint density at radius 2 is 1.76 bits per heavy atom. The van der Waals surface area contributed by atoms with Gasteiger partial charge in [0.15, 0.2) is 0 Å². The lowest BCUT2D eigenvalue weighted by Gasteiger charge is -2.12. The van der Waals surface area contributed by atoms with Gasteiger partial charge in [0.2, 0.25) is 15.9 Å². The molecule has 0 radical (unpaired) electrons. The first-order chi connectivity index (χ1) is 13.8. The molecule has 0 saturated heterocycles. The molecule has 29 heavy (non-hydrogen) atoms. The number of rotatable bonds is 7. The maximum Gasteiger partial charge on any atom is 0.240 e. The number of amides is 1. The molecule has 3 aromatic rings. The van der Waals surface area contributed by atoms with Crippen molar-refractivity contribution in [2.45, 2.75) is 31.6 Å². The second-order valence-corrected chi connectivity index (χ2v) is 8.64. The molecule has 0 aliphatic carbocycles. The fraction of sp³-hybridized carbons (Fsp3) is 0.238. The molecular weight excluding hydrogens is 388 g/mol. The number of nitrogens with zero attached hydrogens (tertiary/aromatic N) is 2. The SMILES string of the molecule is CNS(=O)(=O)c1ccc(CCC(=O)Nc2ccccc2-n2nc(C)cc2C)cc1. The summed E-state index contributed by atoms with van der Waals surface area (Å²) < 4.78 is 27.6. The van der Waals surface area contributed by atoms with Gasteiger partial charge in [-0.1, -0.05) is 24.3 Å². The van der Waals surface area contributed by atoms with E-state index in [2.05, 4.69) is 15.1 Å². The monoisotopic (exact) mass is 412 g/mol. The molecule has 3 rings (SSSR count). The molecule has 0 atom stereocenters. The third kappa shape index (κ3) is 4.90. The largest absolute Gasteiger partial charge is 0.324 e. The van der Waals surface area contributed by atoms with E-state index in [0.29, 0.717) is 12.1 Å². The highest BCUT2D eigenvalue weighted by atomic mass is 32.2. The molecular formula is C21H24N4O3S.